The summed E-state index contributed by atoms with van der Waals surface area (Å²) in [7, 11) is 1.30. The number of carbonyl (C=O) groups is 2. The minimum absolute atomic E-state index is 0.0568. The smallest absolute Gasteiger partial charge is 0.331 e. The molecule has 2 rings (SSSR count). The van der Waals surface area contributed by atoms with E-state index in [1.165, 1.54) is 12.7 Å². The zero-order valence-electron chi connectivity index (χ0n) is 13.0. The number of hydrogen-bond donors (Lipinski definition) is 2. The maximum atomic E-state index is 11.9. The molecule has 1 aliphatic rings. The summed E-state index contributed by atoms with van der Waals surface area (Å²) in [5, 5.41) is 0.731. The Kier molecular flexibility index (Phi) is 6.64. The molecule has 1 aromatic carbocycles. The number of hydrogen-bond acceptors (Lipinski definition) is 5. The zero-order chi connectivity index (χ0) is 16.7. The number of nitrogens with zero attached hydrogens (tertiary/aromatic N) is 2. The molecule has 8 heteroatoms. The molecule has 0 unspecified atom stereocenters. The number of piperazine rings is 1. The SMILES string of the molecule is COC(=O)CNNC(=O)N1CCN(Cc2ccc(Cl)cc2)CC1. The van der Waals surface area contributed by atoms with Crippen molar-refractivity contribution in [2.45, 2.75) is 6.54 Å². The summed E-state index contributed by atoms with van der Waals surface area (Å²) in [6.45, 7) is 3.66. The summed E-state index contributed by atoms with van der Waals surface area (Å²) in [5.41, 5.74) is 6.24. The van der Waals surface area contributed by atoms with Crippen LogP contribution in [-0.4, -0.2) is 61.6 Å². The predicted molar refractivity (Wildman–Crippen MR) is 86.9 cm³/mol. The van der Waals surface area contributed by atoms with Gasteiger partial charge in [-0.3, -0.25) is 15.1 Å². The van der Waals surface area contributed by atoms with Crippen LogP contribution in [0.15, 0.2) is 24.3 Å². The van der Waals surface area contributed by atoms with E-state index in [9.17, 15) is 9.59 Å². The van der Waals surface area contributed by atoms with Crippen molar-refractivity contribution in [3.63, 3.8) is 0 Å². The molecule has 0 radical (unpaired) electrons. The molecule has 0 aliphatic carbocycles. The van der Waals surface area contributed by atoms with Crippen LogP contribution in [0.25, 0.3) is 0 Å². The van der Waals surface area contributed by atoms with E-state index in [1.807, 2.05) is 24.3 Å². The van der Waals surface area contributed by atoms with Crippen LogP contribution in [0.5, 0.6) is 0 Å². The molecule has 0 spiro atoms. The van der Waals surface area contributed by atoms with E-state index >= 15 is 0 Å². The molecule has 1 heterocycles. The Morgan fingerprint density at radius 2 is 1.83 bits per heavy atom. The number of carbonyl (C=O) groups excluding carboxylic acids is 2. The molecule has 0 bridgehead atoms. The van der Waals surface area contributed by atoms with E-state index in [1.54, 1.807) is 4.90 Å². The van der Waals surface area contributed by atoms with E-state index in [0.717, 1.165) is 24.7 Å². The van der Waals surface area contributed by atoms with Gasteiger partial charge in [-0.15, -0.1) is 0 Å². The van der Waals surface area contributed by atoms with Crippen molar-refractivity contribution in [3.8, 4) is 0 Å². The fraction of sp³-hybridized carbons (Fsp3) is 0.467. The highest BCUT2D eigenvalue weighted by Crippen LogP contribution is 2.12. The molecule has 1 aromatic rings. The summed E-state index contributed by atoms with van der Waals surface area (Å²) >= 11 is 5.88. The maximum Gasteiger partial charge on any atom is 0.331 e. The maximum absolute atomic E-state index is 11.9. The van der Waals surface area contributed by atoms with Crippen molar-refractivity contribution in [1.82, 2.24) is 20.7 Å². The largest absolute Gasteiger partial charge is 0.468 e. The summed E-state index contributed by atoms with van der Waals surface area (Å²) in [5.74, 6) is -0.432. The quantitative estimate of drug-likeness (QED) is 0.614. The molecule has 0 saturated carbocycles. The fourth-order valence-corrected chi connectivity index (χ4v) is 2.43. The molecule has 1 aliphatic heterocycles. The van der Waals surface area contributed by atoms with Crippen LogP contribution in [0.4, 0.5) is 4.79 Å². The Bertz CT molecular complexity index is 530. The number of amides is 2. The van der Waals surface area contributed by atoms with Gasteiger partial charge in [-0.1, -0.05) is 23.7 Å². The topological polar surface area (TPSA) is 73.9 Å². The lowest BCUT2D eigenvalue weighted by Crippen LogP contribution is -2.54. The van der Waals surface area contributed by atoms with Gasteiger partial charge in [-0.2, -0.15) is 0 Å². The van der Waals surface area contributed by atoms with Crippen LogP contribution in [0.3, 0.4) is 0 Å². The summed E-state index contributed by atoms with van der Waals surface area (Å²) < 4.78 is 4.47. The number of hydrazine groups is 1. The van der Waals surface area contributed by atoms with Crippen molar-refractivity contribution in [3.05, 3.63) is 34.9 Å². The highest BCUT2D eigenvalue weighted by Gasteiger charge is 2.21. The minimum atomic E-state index is -0.432. The third kappa shape index (κ3) is 5.70. The Labute approximate surface area is 140 Å². The third-order valence-electron chi connectivity index (χ3n) is 3.63. The normalized spacial score (nSPS) is 15.3. The lowest BCUT2D eigenvalue weighted by molar-refractivity contribution is -0.139. The summed E-state index contributed by atoms with van der Waals surface area (Å²) in [6, 6.07) is 7.55. The van der Waals surface area contributed by atoms with Gasteiger partial charge in [0, 0.05) is 37.7 Å². The van der Waals surface area contributed by atoms with Gasteiger partial charge in [0.05, 0.1) is 7.11 Å². The van der Waals surface area contributed by atoms with Crippen LogP contribution in [-0.2, 0) is 16.1 Å². The van der Waals surface area contributed by atoms with Gasteiger partial charge in [-0.25, -0.2) is 10.2 Å². The molecule has 1 saturated heterocycles. The molecular weight excluding hydrogens is 320 g/mol. The lowest BCUT2D eigenvalue weighted by atomic mass is 10.2. The van der Waals surface area contributed by atoms with Gasteiger partial charge in [0.1, 0.15) is 6.54 Å². The fourth-order valence-electron chi connectivity index (χ4n) is 2.30. The monoisotopic (exact) mass is 340 g/mol. The predicted octanol–water partition coefficient (Wildman–Crippen LogP) is 0.845. The second kappa shape index (κ2) is 8.71. The first-order valence-electron chi connectivity index (χ1n) is 7.40. The average Bonchev–Trinajstić information content (AvgIpc) is 2.57. The Hall–Kier alpha value is -1.83. The Balaban J connectivity index is 1.69. The number of ether oxygens (including phenoxy) is 1. The average molecular weight is 341 g/mol. The molecule has 0 atom stereocenters. The van der Waals surface area contributed by atoms with Crippen LogP contribution >= 0.6 is 11.6 Å². The first-order chi connectivity index (χ1) is 11.1. The molecule has 23 heavy (non-hydrogen) atoms. The number of nitrogens with one attached hydrogen (secondary N) is 2. The van der Waals surface area contributed by atoms with Crippen LogP contribution < -0.4 is 10.9 Å². The number of rotatable bonds is 5. The van der Waals surface area contributed by atoms with Crippen molar-refractivity contribution >= 4 is 23.6 Å². The first kappa shape index (κ1) is 17.5. The van der Waals surface area contributed by atoms with Gasteiger partial charge >= 0.3 is 12.0 Å². The van der Waals surface area contributed by atoms with Crippen molar-refractivity contribution in [2.75, 3.05) is 39.8 Å². The molecule has 126 valence electrons. The molecule has 0 aromatic heterocycles. The highest BCUT2D eigenvalue weighted by atomic mass is 35.5. The standard InChI is InChI=1S/C15H21ClN4O3/c1-23-14(21)10-17-18-15(22)20-8-6-19(7-9-20)11-12-2-4-13(16)5-3-12/h2-5,17H,6-11H2,1H3,(H,18,22). The summed E-state index contributed by atoms with van der Waals surface area (Å²) in [6.07, 6.45) is 0. The van der Waals surface area contributed by atoms with E-state index < -0.39 is 5.97 Å². The molecule has 2 N–H and O–H groups in total. The number of benzene rings is 1. The zero-order valence-corrected chi connectivity index (χ0v) is 13.8. The van der Waals surface area contributed by atoms with Crippen molar-refractivity contribution in [2.24, 2.45) is 0 Å². The van der Waals surface area contributed by atoms with Crippen molar-refractivity contribution < 1.29 is 14.3 Å². The van der Waals surface area contributed by atoms with E-state index in [2.05, 4.69) is 20.5 Å². The number of esters is 1. The van der Waals surface area contributed by atoms with Gasteiger partial charge < -0.3 is 9.64 Å². The highest BCUT2D eigenvalue weighted by molar-refractivity contribution is 6.30. The molecule has 1 fully saturated rings. The first-order valence-corrected chi connectivity index (χ1v) is 7.77. The van der Waals surface area contributed by atoms with Gasteiger partial charge in [0.25, 0.3) is 0 Å². The third-order valence-corrected chi connectivity index (χ3v) is 3.89. The van der Waals surface area contributed by atoms with Crippen molar-refractivity contribution in [1.29, 1.82) is 0 Å². The van der Waals surface area contributed by atoms with Gasteiger partial charge in [0.2, 0.25) is 0 Å². The van der Waals surface area contributed by atoms with Crippen LogP contribution in [0, 0.1) is 0 Å². The van der Waals surface area contributed by atoms with Gasteiger partial charge in [0.15, 0.2) is 0 Å². The number of halogens is 1. The lowest BCUT2D eigenvalue weighted by Gasteiger charge is -2.34. The Morgan fingerprint density at radius 1 is 1.17 bits per heavy atom. The number of urea groups is 1. The van der Waals surface area contributed by atoms with E-state index in [0.29, 0.717) is 13.1 Å². The summed E-state index contributed by atoms with van der Waals surface area (Å²) in [4.78, 5) is 26.9. The van der Waals surface area contributed by atoms with E-state index in [4.69, 9.17) is 11.6 Å². The van der Waals surface area contributed by atoms with Crippen LogP contribution in [0.2, 0.25) is 5.02 Å². The second-order valence-corrected chi connectivity index (χ2v) is 5.69. The molecular formula is C15H21ClN4O3. The minimum Gasteiger partial charge on any atom is -0.468 e. The number of methoxy groups -OCH3 is 1. The molecule has 2 amide bonds. The van der Waals surface area contributed by atoms with E-state index in [-0.39, 0.29) is 12.6 Å². The molecule has 7 nitrogen and oxygen atoms in total. The Morgan fingerprint density at radius 3 is 2.43 bits per heavy atom. The van der Waals surface area contributed by atoms with Crippen LogP contribution in [0.1, 0.15) is 5.56 Å². The second-order valence-electron chi connectivity index (χ2n) is 5.25. The van der Waals surface area contributed by atoms with Gasteiger partial charge in [-0.05, 0) is 17.7 Å².